The van der Waals surface area contributed by atoms with Crippen LogP contribution in [0.3, 0.4) is 0 Å². The van der Waals surface area contributed by atoms with Crippen molar-refractivity contribution in [1.29, 1.82) is 0 Å². The second-order valence-electron chi connectivity index (χ2n) is 6.24. The number of Topliss-reactive ketones (excluding diaryl/α,β-unsaturated/α-hetero) is 1. The van der Waals surface area contributed by atoms with Crippen molar-refractivity contribution in [1.82, 2.24) is 9.97 Å². The molecule has 1 amide bonds. The lowest BCUT2D eigenvalue weighted by molar-refractivity contribution is -0.114. The van der Waals surface area contributed by atoms with Crippen LogP contribution < -0.4 is 10.6 Å². The van der Waals surface area contributed by atoms with Gasteiger partial charge in [0.15, 0.2) is 11.6 Å². The number of ketones is 1. The first-order chi connectivity index (χ1) is 12.9. The molecule has 0 bridgehead atoms. The molecule has 0 aliphatic heterocycles. The molecule has 0 saturated heterocycles. The highest BCUT2D eigenvalue weighted by atomic mass is 16.1. The number of benzene rings is 2. The van der Waals surface area contributed by atoms with Crippen LogP contribution in [-0.4, -0.2) is 21.7 Å². The number of carbonyl (C=O) groups excluding carboxylic acids is 2. The maximum Gasteiger partial charge on any atom is 0.221 e. The van der Waals surface area contributed by atoms with Crippen LogP contribution in [0.4, 0.5) is 17.2 Å². The Morgan fingerprint density at radius 3 is 2.26 bits per heavy atom. The van der Waals surface area contributed by atoms with Gasteiger partial charge in [-0.25, -0.2) is 9.97 Å². The lowest BCUT2D eigenvalue weighted by atomic mass is 10.1. The van der Waals surface area contributed by atoms with Crippen molar-refractivity contribution in [2.75, 3.05) is 10.6 Å². The Bertz CT molecular complexity index is 997. The minimum Gasteiger partial charge on any atom is -0.340 e. The lowest BCUT2D eigenvalue weighted by Crippen LogP contribution is -2.05. The highest BCUT2D eigenvalue weighted by Gasteiger charge is 2.08. The number of hydrogen-bond acceptors (Lipinski definition) is 5. The molecular weight excluding hydrogens is 340 g/mol. The number of carbonyl (C=O) groups is 2. The van der Waals surface area contributed by atoms with E-state index in [1.807, 2.05) is 49.4 Å². The van der Waals surface area contributed by atoms with E-state index in [0.717, 1.165) is 22.6 Å². The molecule has 0 atom stereocenters. The summed E-state index contributed by atoms with van der Waals surface area (Å²) >= 11 is 0. The summed E-state index contributed by atoms with van der Waals surface area (Å²) in [4.78, 5) is 31.8. The standard InChI is InChI=1S/C21H20N4O2/c1-13-11-20(24-19-9-7-18(8-10-19)23-15(3)27)25-21(22-13)17-6-4-5-16(12-17)14(2)26/h4-12H,1-3H3,(H,23,27)(H,22,24,25). The SMILES string of the molecule is CC(=O)Nc1ccc(Nc2cc(C)nc(-c3cccc(C(C)=O)c3)n2)cc1. The molecule has 0 radical (unpaired) electrons. The number of nitrogens with one attached hydrogen (secondary N) is 2. The highest BCUT2D eigenvalue weighted by Crippen LogP contribution is 2.22. The minimum atomic E-state index is -0.112. The minimum absolute atomic E-state index is 0.00196. The van der Waals surface area contributed by atoms with Gasteiger partial charge in [-0.2, -0.15) is 0 Å². The maximum absolute atomic E-state index is 11.6. The Morgan fingerprint density at radius 2 is 1.59 bits per heavy atom. The first-order valence-corrected chi connectivity index (χ1v) is 8.52. The number of amides is 1. The van der Waals surface area contributed by atoms with Gasteiger partial charge in [0.25, 0.3) is 0 Å². The van der Waals surface area contributed by atoms with Crippen molar-refractivity contribution in [2.45, 2.75) is 20.8 Å². The topological polar surface area (TPSA) is 84.0 Å². The van der Waals surface area contributed by atoms with Crippen molar-refractivity contribution < 1.29 is 9.59 Å². The molecule has 6 heteroatoms. The molecule has 27 heavy (non-hydrogen) atoms. The summed E-state index contributed by atoms with van der Waals surface area (Å²) in [5.41, 5.74) is 3.79. The summed E-state index contributed by atoms with van der Waals surface area (Å²) in [5.74, 6) is 1.09. The molecule has 3 rings (SSSR count). The summed E-state index contributed by atoms with van der Waals surface area (Å²) in [5, 5.41) is 5.97. The fourth-order valence-corrected chi connectivity index (χ4v) is 2.63. The normalized spacial score (nSPS) is 10.3. The van der Waals surface area contributed by atoms with Crippen LogP contribution in [0, 0.1) is 6.92 Å². The van der Waals surface area contributed by atoms with Crippen molar-refractivity contribution in [3.63, 3.8) is 0 Å². The van der Waals surface area contributed by atoms with Crippen LogP contribution in [0.15, 0.2) is 54.6 Å². The van der Waals surface area contributed by atoms with Crippen LogP contribution in [0.2, 0.25) is 0 Å². The third-order valence-electron chi connectivity index (χ3n) is 3.86. The molecule has 1 aromatic heterocycles. The predicted molar refractivity (Wildman–Crippen MR) is 106 cm³/mol. The molecule has 0 spiro atoms. The summed E-state index contributed by atoms with van der Waals surface area (Å²) in [6.07, 6.45) is 0. The zero-order valence-corrected chi connectivity index (χ0v) is 15.4. The first kappa shape index (κ1) is 18.3. The van der Waals surface area contributed by atoms with Crippen LogP contribution >= 0.6 is 0 Å². The zero-order valence-electron chi connectivity index (χ0n) is 15.4. The van der Waals surface area contributed by atoms with Gasteiger partial charge in [0.1, 0.15) is 5.82 Å². The quantitative estimate of drug-likeness (QED) is 0.661. The summed E-state index contributed by atoms with van der Waals surface area (Å²) in [7, 11) is 0. The Labute approximate surface area is 157 Å². The van der Waals surface area contributed by atoms with E-state index in [1.54, 1.807) is 12.1 Å². The highest BCUT2D eigenvalue weighted by molar-refractivity contribution is 5.95. The second kappa shape index (κ2) is 7.78. The molecule has 0 saturated carbocycles. The Morgan fingerprint density at radius 1 is 0.889 bits per heavy atom. The molecular formula is C21H20N4O2. The summed E-state index contributed by atoms with van der Waals surface area (Å²) < 4.78 is 0. The zero-order chi connectivity index (χ0) is 19.4. The average molecular weight is 360 g/mol. The average Bonchev–Trinajstić information content (AvgIpc) is 2.62. The largest absolute Gasteiger partial charge is 0.340 e. The molecule has 136 valence electrons. The van der Waals surface area contributed by atoms with Crippen LogP contribution in [-0.2, 0) is 4.79 Å². The number of rotatable bonds is 5. The summed E-state index contributed by atoms with van der Waals surface area (Å²) in [6, 6.07) is 16.5. The maximum atomic E-state index is 11.6. The predicted octanol–water partition coefficient (Wildman–Crippen LogP) is 4.36. The third kappa shape index (κ3) is 4.76. The van der Waals surface area contributed by atoms with E-state index < -0.39 is 0 Å². The van der Waals surface area contributed by atoms with Crippen LogP contribution in [0.25, 0.3) is 11.4 Å². The van der Waals surface area contributed by atoms with Gasteiger partial charge in [-0.15, -0.1) is 0 Å². The molecule has 0 aliphatic carbocycles. The third-order valence-corrected chi connectivity index (χ3v) is 3.86. The fraction of sp³-hybridized carbons (Fsp3) is 0.143. The van der Waals surface area contributed by atoms with E-state index in [0.29, 0.717) is 17.2 Å². The van der Waals surface area contributed by atoms with E-state index in [-0.39, 0.29) is 11.7 Å². The summed E-state index contributed by atoms with van der Waals surface area (Å²) in [6.45, 7) is 4.90. The molecule has 1 heterocycles. The fourth-order valence-electron chi connectivity index (χ4n) is 2.63. The first-order valence-electron chi connectivity index (χ1n) is 8.52. The van der Waals surface area contributed by atoms with E-state index >= 15 is 0 Å². The Hall–Kier alpha value is -3.54. The second-order valence-corrected chi connectivity index (χ2v) is 6.24. The molecule has 0 fully saturated rings. The number of anilines is 3. The van der Waals surface area contributed by atoms with Gasteiger partial charge in [0.2, 0.25) is 5.91 Å². The van der Waals surface area contributed by atoms with E-state index in [4.69, 9.17) is 0 Å². The van der Waals surface area contributed by atoms with Crippen molar-refractivity contribution in [2.24, 2.45) is 0 Å². The lowest BCUT2D eigenvalue weighted by Gasteiger charge is -2.10. The van der Waals surface area contributed by atoms with Gasteiger partial charge in [-0.05, 0) is 44.2 Å². The van der Waals surface area contributed by atoms with Crippen molar-refractivity contribution >= 4 is 28.9 Å². The van der Waals surface area contributed by atoms with Crippen LogP contribution in [0.5, 0.6) is 0 Å². The Kier molecular flexibility index (Phi) is 5.26. The molecule has 2 aromatic carbocycles. The number of aromatic nitrogens is 2. The monoisotopic (exact) mass is 360 g/mol. The van der Waals surface area contributed by atoms with Gasteiger partial charge in [0.05, 0.1) is 0 Å². The molecule has 6 nitrogen and oxygen atoms in total. The van der Waals surface area contributed by atoms with Gasteiger partial charge in [-0.3, -0.25) is 9.59 Å². The van der Waals surface area contributed by atoms with E-state index in [2.05, 4.69) is 20.6 Å². The molecule has 2 N–H and O–H groups in total. The van der Waals surface area contributed by atoms with Gasteiger partial charge in [0, 0.05) is 41.2 Å². The number of nitrogens with zero attached hydrogens (tertiary/aromatic N) is 2. The van der Waals surface area contributed by atoms with Crippen molar-refractivity contribution in [3.05, 3.63) is 65.9 Å². The van der Waals surface area contributed by atoms with E-state index in [1.165, 1.54) is 13.8 Å². The number of aryl methyl sites for hydroxylation is 1. The van der Waals surface area contributed by atoms with Crippen LogP contribution in [0.1, 0.15) is 29.9 Å². The Balaban J connectivity index is 1.86. The molecule has 3 aromatic rings. The van der Waals surface area contributed by atoms with Gasteiger partial charge in [-0.1, -0.05) is 18.2 Å². The molecule has 0 aliphatic rings. The van der Waals surface area contributed by atoms with Crippen molar-refractivity contribution in [3.8, 4) is 11.4 Å². The number of hydrogen-bond donors (Lipinski definition) is 2. The smallest absolute Gasteiger partial charge is 0.221 e. The van der Waals surface area contributed by atoms with Gasteiger partial charge >= 0.3 is 0 Å². The van der Waals surface area contributed by atoms with Gasteiger partial charge < -0.3 is 10.6 Å². The van der Waals surface area contributed by atoms with E-state index in [9.17, 15) is 9.59 Å². The molecule has 0 unspecified atom stereocenters.